The summed E-state index contributed by atoms with van der Waals surface area (Å²) >= 11 is 6.14. The van der Waals surface area contributed by atoms with Gasteiger partial charge in [-0.2, -0.15) is 0 Å². The molecule has 0 aromatic heterocycles. The van der Waals surface area contributed by atoms with Crippen LogP contribution >= 0.6 is 11.6 Å². The average Bonchev–Trinajstić information content (AvgIpc) is 2.77. The second-order valence-corrected chi connectivity index (χ2v) is 12.1. The summed E-state index contributed by atoms with van der Waals surface area (Å²) in [5.41, 5.74) is 1.23. The first-order chi connectivity index (χ1) is 16.7. The number of anilines is 1. The zero-order valence-corrected chi connectivity index (χ0v) is 23.5. The Hall–Kier alpha value is -2.78. The number of benzene rings is 2. The van der Waals surface area contributed by atoms with Gasteiger partial charge in [-0.25, -0.2) is 8.42 Å². The molecule has 0 fully saturated rings. The van der Waals surface area contributed by atoms with Crippen LogP contribution in [0, 0.1) is 6.92 Å². The van der Waals surface area contributed by atoms with Crippen LogP contribution in [0.1, 0.15) is 45.2 Å². The molecule has 10 heteroatoms. The molecular formula is C26H36ClN3O5S. The van der Waals surface area contributed by atoms with Gasteiger partial charge >= 0.3 is 0 Å². The number of methoxy groups -OCH3 is 1. The number of hydrogen-bond donors (Lipinski definition) is 1. The van der Waals surface area contributed by atoms with Crippen molar-refractivity contribution >= 4 is 39.1 Å². The number of ether oxygens (including phenoxy) is 1. The maximum atomic E-state index is 13.7. The minimum atomic E-state index is -3.84. The van der Waals surface area contributed by atoms with E-state index in [0.29, 0.717) is 28.4 Å². The highest BCUT2D eigenvalue weighted by atomic mass is 35.5. The maximum Gasteiger partial charge on any atom is 0.244 e. The molecule has 8 nitrogen and oxygen atoms in total. The Morgan fingerprint density at radius 1 is 1.11 bits per heavy atom. The zero-order valence-electron chi connectivity index (χ0n) is 22.0. The van der Waals surface area contributed by atoms with Crippen molar-refractivity contribution in [3.8, 4) is 5.75 Å². The second-order valence-electron chi connectivity index (χ2n) is 9.73. The molecular weight excluding hydrogens is 502 g/mol. The van der Waals surface area contributed by atoms with E-state index in [4.69, 9.17) is 16.3 Å². The van der Waals surface area contributed by atoms with Crippen molar-refractivity contribution in [1.29, 1.82) is 0 Å². The van der Waals surface area contributed by atoms with E-state index in [9.17, 15) is 18.0 Å². The van der Waals surface area contributed by atoms with Crippen LogP contribution in [0.5, 0.6) is 5.75 Å². The SMILES string of the molecule is CC[C@@H](C(=O)NC(C)(C)C)N(Cc1ccc(OC)cc1)C(=O)CN(c1cc(Cl)ccc1C)S(C)(=O)=O. The Kier molecular flexibility index (Phi) is 9.79. The molecule has 0 radical (unpaired) electrons. The minimum absolute atomic E-state index is 0.116. The first-order valence-electron chi connectivity index (χ1n) is 11.6. The van der Waals surface area contributed by atoms with Crippen molar-refractivity contribution in [2.24, 2.45) is 0 Å². The van der Waals surface area contributed by atoms with Gasteiger partial charge in [0.05, 0.1) is 19.1 Å². The Labute approximate surface area is 219 Å². The molecule has 0 saturated carbocycles. The van der Waals surface area contributed by atoms with Gasteiger partial charge in [-0.3, -0.25) is 13.9 Å². The van der Waals surface area contributed by atoms with Gasteiger partial charge in [0.15, 0.2) is 0 Å². The van der Waals surface area contributed by atoms with Gasteiger partial charge in [-0.15, -0.1) is 0 Å². The predicted molar refractivity (Wildman–Crippen MR) is 144 cm³/mol. The summed E-state index contributed by atoms with van der Waals surface area (Å²) in [6.07, 6.45) is 1.39. The molecule has 0 saturated heterocycles. The zero-order chi connectivity index (χ0) is 27.3. The molecule has 0 heterocycles. The number of carbonyl (C=O) groups excluding carboxylic acids is 2. The summed E-state index contributed by atoms with van der Waals surface area (Å²) in [4.78, 5) is 28.4. The van der Waals surface area contributed by atoms with E-state index >= 15 is 0 Å². The van der Waals surface area contributed by atoms with Crippen LogP contribution in [-0.2, 0) is 26.2 Å². The fraction of sp³-hybridized carbons (Fsp3) is 0.462. The van der Waals surface area contributed by atoms with Crippen molar-refractivity contribution in [1.82, 2.24) is 10.2 Å². The first kappa shape index (κ1) is 29.5. The monoisotopic (exact) mass is 537 g/mol. The molecule has 2 aromatic carbocycles. The van der Waals surface area contributed by atoms with Crippen LogP contribution in [0.3, 0.4) is 0 Å². The lowest BCUT2D eigenvalue weighted by molar-refractivity contribution is -0.141. The van der Waals surface area contributed by atoms with Crippen molar-refractivity contribution < 1.29 is 22.7 Å². The number of nitrogens with zero attached hydrogens (tertiary/aromatic N) is 2. The highest BCUT2D eigenvalue weighted by molar-refractivity contribution is 7.92. The van der Waals surface area contributed by atoms with Gasteiger partial charge in [-0.05, 0) is 69.5 Å². The van der Waals surface area contributed by atoms with E-state index in [-0.39, 0.29) is 12.5 Å². The highest BCUT2D eigenvalue weighted by Gasteiger charge is 2.33. The Balaban J connectivity index is 2.50. The van der Waals surface area contributed by atoms with E-state index in [0.717, 1.165) is 16.1 Å². The standard InChI is InChI=1S/C26H36ClN3O5S/c1-8-22(25(32)28-26(3,4)5)29(16-19-10-13-21(35-6)14-11-19)24(31)17-30(36(7,33)34)23-15-20(27)12-9-18(23)2/h9-15,22H,8,16-17H2,1-7H3,(H,28,32)/t22-/m0/s1. The molecule has 36 heavy (non-hydrogen) atoms. The van der Waals surface area contributed by atoms with E-state index in [1.165, 1.54) is 11.0 Å². The van der Waals surface area contributed by atoms with Gasteiger partial charge in [0.1, 0.15) is 18.3 Å². The Morgan fingerprint density at radius 2 is 1.72 bits per heavy atom. The molecule has 2 rings (SSSR count). The van der Waals surface area contributed by atoms with Gasteiger partial charge in [0.2, 0.25) is 21.8 Å². The maximum absolute atomic E-state index is 13.7. The Bertz CT molecular complexity index is 1180. The fourth-order valence-corrected chi connectivity index (χ4v) is 4.81. The van der Waals surface area contributed by atoms with Gasteiger partial charge in [-0.1, -0.05) is 36.7 Å². The Morgan fingerprint density at radius 3 is 2.22 bits per heavy atom. The summed E-state index contributed by atoms with van der Waals surface area (Å²) in [5, 5.41) is 3.29. The van der Waals surface area contributed by atoms with Crippen molar-refractivity contribution in [3.05, 3.63) is 58.6 Å². The normalized spacial score (nSPS) is 12.6. The van der Waals surface area contributed by atoms with Gasteiger partial charge < -0.3 is 15.0 Å². The van der Waals surface area contributed by atoms with E-state index < -0.39 is 34.1 Å². The van der Waals surface area contributed by atoms with Crippen molar-refractivity contribution in [3.63, 3.8) is 0 Å². The number of halogens is 1. The quantitative estimate of drug-likeness (QED) is 0.491. The summed E-state index contributed by atoms with van der Waals surface area (Å²) in [6, 6.07) is 11.2. The van der Waals surface area contributed by atoms with Gasteiger partial charge in [0.25, 0.3) is 0 Å². The van der Waals surface area contributed by atoms with Crippen LogP contribution in [0.15, 0.2) is 42.5 Å². The van der Waals surface area contributed by atoms with Crippen LogP contribution in [0.4, 0.5) is 5.69 Å². The number of aryl methyl sites for hydroxylation is 1. The molecule has 1 atom stereocenters. The third kappa shape index (κ3) is 8.13. The van der Waals surface area contributed by atoms with E-state index in [2.05, 4.69) is 5.32 Å². The number of carbonyl (C=O) groups is 2. The van der Waals surface area contributed by atoms with Gasteiger partial charge in [0, 0.05) is 17.1 Å². The average molecular weight is 538 g/mol. The van der Waals surface area contributed by atoms with Crippen LogP contribution in [-0.4, -0.2) is 56.6 Å². The van der Waals surface area contributed by atoms with Crippen molar-refractivity contribution in [2.75, 3.05) is 24.2 Å². The van der Waals surface area contributed by atoms with E-state index in [1.807, 2.05) is 39.8 Å². The van der Waals surface area contributed by atoms with Crippen molar-refractivity contribution in [2.45, 2.75) is 59.2 Å². The summed E-state index contributed by atoms with van der Waals surface area (Å²) in [6.45, 7) is 8.79. The lowest BCUT2D eigenvalue weighted by atomic mass is 10.1. The topological polar surface area (TPSA) is 96.0 Å². The van der Waals surface area contributed by atoms with Crippen LogP contribution < -0.4 is 14.4 Å². The largest absolute Gasteiger partial charge is 0.497 e. The smallest absolute Gasteiger partial charge is 0.244 e. The number of amides is 2. The fourth-order valence-electron chi connectivity index (χ4n) is 3.75. The minimum Gasteiger partial charge on any atom is -0.497 e. The molecule has 0 unspecified atom stereocenters. The summed E-state index contributed by atoms with van der Waals surface area (Å²) in [5.74, 6) is -0.156. The summed E-state index contributed by atoms with van der Waals surface area (Å²) in [7, 11) is -2.28. The molecule has 198 valence electrons. The molecule has 0 bridgehead atoms. The number of rotatable bonds is 10. The first-order valence-corrected chi connectivity index (χ1v) is 13.9. The molecule has 2 aromatic rings. The molecule has 0 aliphatic heterocycles. The number of hydrogen-bond acceptors (Lipinski definition) is 5. The van der Waals surface area contributed by atoms with Crippen LogP contribution in [0.2, 0.25) is 5.02 Å². The predicted octanol–water partition coefficient (Wildman–Crippen LogP) is 4.15. The lowest BCUT2D eigenvalue weighted by Gasteiger charge is -2.34. The number of nitrogens with one attached hydrogen (secondary N) is 1. The highest BCUT2D eigenvalue weighted by Crippen LogP contribution is 2.27. The van der Waals surface area contributed by atoms with E-state index in [1.54, 1.807) is 38.3 Å². The third-order valence-corrected chi connectivity index (χ3v) is 6.88. The van der Waals surface area contributed by atoms with Crippen LogP contribution in [0.25, 0.3) is 0 Å². The lowest BCUT2D eigenvalue weighted by Crippen LogP contribution is -2.55. The molecule has 0 aliphatic rings. The molecule has 0 spiro atoms. The third-order valence-electron chi connectivity index (χ3n) is 5.52. The molecule has 2 amide bonds. The second kappa shape index (κ2) is 12.0. The molecule has 1 N–H and O–H groups in total. The summed E-state index contributed by atoms with van der Waals surface area (Å²) < 4.78 is 31.8. The number of sulfonamides is 1. The molecule has 0 aliphatic carbocycles.